The lowest BCUT2D eigenvalue weighted by Gasteiger charge is -2.28. The van der Waals surface area contributed by atoms with Gasteiger partial charge >= 0.3 is 0 Å². The molecule has 7 heteroatoms. The highest BCUT2D eigenvalue weighted by molar-refractivity contribution is 7.92. The predicted octanol–water partition coefficient (Wildman–Crippen LogP) is 4.92. The summed E-state index contributed by atoms with van der Waals surface area (Å²) in [6, 6.07) is 20.1. The molecule has 1 amide bonds. The van der Waals surface area contributed by atoms with Gasteiger partial charge in [0.25, 0.3) is 0 Å². The molecule has 1 atom stereocenters. The van der Waals surface area contributed by atoms with Crippen LogP contribution in [0.15, 0.2) is 66.7 Å². The van der Waals surface area contributed by atoms with Crippen molar-refractivity contribution in [2.45, 2.75) is 33.4 Å². The molecule has 0 spiro atoms. The Morgan fingerprint density at radius 2 is 1.66 bits per heavy atom. The fourth-order valence-electron chi connectivity index (χ4n) is 4.22. The Labute approximate surface area is 188 Å². The van der Waals surface area contributed by atoms with E-state index >= 15 is 0 Å². The quantitative estimate of drug-likeness (QED) is 0.454. The standard InChI is InChI=1S/C25H27N3O3S/c1-5-27-23-9-7-6-8-21(23)22-16-19(12-15-24(22)27)26-25(29)18(3)28(32(4,30)31)20-13-10-17(2)11-14-20/h6-16,18H,5H2,1-4H3,(H,26,29)/t18-/m0/s1. The average molecular weight is 450 g/mol. The Morgan fingerprint density at radius 3 is 2.31 bits per heavy atom. The van der Waals surface area contributed by atoms with Crippen LogP contribution in [0.4, 0.5) is 11.4 Å². The van der Waals surface area contributed by atoms with Gasteiger partial charge in [-0.15, -0.1) is 0 Å². The summed E-state index contributed by atoms with van der Waals surface area (Å²) in [7, 11) is -3.66. The maximum atomic E-state index is 13.1. The van der Waals surface area contributed by atoms with Crippen LogP contribution in [0.2, 0.25) is 0 Å². The molecule has 6 nitrogen and oxygen atoms in total. The van der Waals surface area contributed by atoms with Gasteiger partial charge in [-0.3, -0.25) is 9.10 Å². The smallest absolute Gasteiger partial charge is 0.247 e. The van der Waals surface area contributed by atoms with E-state index in [1.165, 1.54) is 0 Å². The summed E-state index contributed by atoms with van der Waals surface area (Å²) < 4.78 is 28.4. The first kappa shape index (κ1) is 21.9. The number of benzene rings is 3. The van der Waals surface area contributed by atoms with Crippen LogP contribution in [-0.4, -0.2) is 31.2 Å². The highest BCUT2D eigenvalue weighted by atomic mass is 32.2. The number of carbonyl (C=O) groups is 1. The first-order valence-corrected chi connectivity index (χ1v) is 12.4. The van der Waals surface area contributed by atoms with E-state index in [0.717, 1.165) is 44.5 Å². The molecule has 32 heavy (non-hydrogen) atoms. The maximum absolute atomic E-state index is 13.1. The van der Waals surface area contributed by atoms with Crippen molar-refractivity contribution in [1.29, 1.82) is 0 Å². The van der Waals surface area contributed by atoms with E-state index in [1.54, 1.807) is 19.1 Å². The maximum Gasteiger partial charge on any atom is 0.247 e. The normalized spacial score (nSPS) is 12.8. The lowest BCUT2D eigenvalue weighted by Crippen LogP contribution is -2.45. The van der Waals surface area contributed by atoms with Crippen molar-refractivity contribution in [2.75, 3.05) is 15.9 Å². The molecule has 0 saturated carbocycles. The molecule has 1 N–H and O–H groups in total. The summed E-state index contributed by atoms with van der Waals surface area (Å²) in [5.74, 6) is -0.394. The van der Waals surface area contributed by atoms with Crippen LogP contribution in [-0.2, 0) is 21.4 Å². The summed E-state index contributed by atoms with van der Waals surface area (Å²) in [5, 5.41) is 5.07. The Balaban J connectivity index is 1.68. The zero-order valence-corrected chi connectivity index (χ0v) is 19.5. The highest BCUT2D eigenvalue weighted by Gasteiger charge is 2.29. The lowest BCUT2D eigenvalue weighted by molar-refractivity contribution is -0.116. The first-order chi connectivity index (χ1) is 15.2. The van der Waals surface area contributed by atoms with Crippen molar-refractivity contribution >= 4 is 49.1 Å². The van der Waals surface area contributed by atoms with Gasteiger partial charge in [-0.1, -0.05) is 35.9 Å². The third-order valence-electron chi connectivity index (χ3n) is 5.73. The number of sulfonamides is 1. The molecule has 0 fully saturated rings. The Kier molecular flexibility index (Phi) is 5.69. The van der Waals surface area contributed by atoms with Gasteiger partial charge in [-0.25, -0.2) is 8.42 Å². The summed E-state index contributed by atoms with van der Waals surface area (Å²) >= 11 is 0. The van der Waals surface area contributed by atoms with Gasteiger partial charge in [0.1, 0.15) is 6.04 Å². The molecule has 0 unspecified atom stereocenters. The van der Waals surface area contributed by atoms with Gasteiger partial charge in [-0.2, -0.15) is 0 Å². The molecule has 0 bridgehead atoms. The topological polar surface area (TPSA) is 71.4 Å². The fourth-order valence-corrected chi connectivity index (χ4v) is 5.39. The van der Waals surface area contributed by atoms with E-state index in [2.05, 4.69) is 28.9 Å². The van der Waals surface area contributed by atoms with E-state index in [4.69, 9.17) is 0 Å². The van der Waals surface area contributed by atoms with E-state index in [-0.39, 0.29) is 0 Å². The number of anilines is 2. The number of aryl methyl sites for hydroxylation is 2. The molecular formula is C25H27N3O3S. The molecule has 1 heterocycles. The molecule has 0 saturated heterocycles. The number of rotatable bonds is 6. The molecule has 3 aromatic carbocycles. The zero-order valence-electron chi connectivity index (χ0n) is 18.7. The zero-order chi connectivity index (χ0) is 23.0. The molecule has 0 aliphatic heterocycles. The number of nitrogens with zero attached hydrogens (tertiary/aromatic N) is 2. The van der Waals surface area contributed by atoms with Crippen molar-refractivity contribution in [3.63, 3.8) is 0 Å². The lowest BCUT2D eigenvalue weighted by atomic mass is 10.1. The van der Waals surface area contributed by atoms with Crippen molar-refractivity contribution in [3.05, 3.63) is 72.3 Å². The van der Waals surface area contributed by atoms with Crippen molar-refractivity contribution in [1.82, 2.24) is 4.57 Å². The summed E-state index contributed by atoms with van der Waals surface area (Å²) in [4.78, 5) is 13.1. The van der Waals surface area contributed by atoms with E-state index in [1.807, 2.05) is 49.4 Å². The number of hydrogen-bond donors (Lipinski definition) is 1. The van der Waals surface area contributed by atoms with Crippen LogP contribution in [0.1, 0.15) is 19.4 Å². The largest absolute Gasteiger partial charge is 0.341 e. The Morgan fingerprint density at radius 1 is 1.00 bits per heavy atom. The van der Waals surface area contributed by atoms with Gasteiger partial charge in [-0.05, 0) is 57.2 Å². The highest BCUT2D eigenvalue weighted by Crippen LogP contribution is 2.31. The monoisotopic (exact) mass is 449 g/mol. The van der Waals surface area contributed by atoms with Gasteiger partial charge in [0, 0.05) is 34.0 Å². The first-order valence-electron chi connectivity index (χ1n) is 10.6. The fraction of sp³-hybridized carbons (Fsp3) is 0.240. The Bertz CT molecular complexity index is 1410. The molecule has 0 aliphatic carbocycles. The molecular weight excluding hydrogens is 422 g/mol. The second kappa shape index (κ2) is 8.31. The van der Waals surface area contributed by atoms with Crippen LogP contribution in [0.25, 0.3) is 21.8 Å². The van der Waals surface area contributed by atoms with Gasteiger partial charge in [0.15, 0.2) is 0 Å². The number of amides is 1. The number of hydrogen-bond acceptors (Lipinski definition) is 3. The third kappa shape index (κ3) is 3.96. The second-order valence-corrected chi connectivity index (χ2v) is 9.91. The number of nitrogens with one attached hydrogen (secondary N) is 1. The van der Waals surface area contributed by atoms with Crippen LogP contribution in [0.3, 0.4) is 0 Å². The SMILES string of the molecule is CCn1c2ccccc2c2cc(NC(=O)[C@H](C)N(c3ccc(C)cc3)S(C)(=O)=O)ccc21. The van der Waals surface area contributed by atoms with Gasteiger partial charge < -0.3 is 9.88 Å². The predicted molar refractivity (Wildman–Crippen MR) is 132 cm³/mol. The minimum atomic E-state index is -3.66. The molecule has 0 aliphatic rings. The molecule has 0 radical (unpaired) electrons. The van der Waals surface area contributed by atoms with Crippen LogP contribution in [0.5, 0.6) is 0 Å². The third-order valence-corrected chi connectivity index (χ3v) is 6.97. The molecule has 1 aromatic heterocycles. The van der Waals surface area contributed by atoms with Crippen LogP contribution >= 0.6 is 0 Å². The summed E-state index contributed by atoms with van der Waals surface area (Å²) in [6.07, 6.45) is 1.11. The van der Waals surface area contributed by atoms with E-state index < -0.39 is 22.0 Å². The number of para-hydroxylation sites is 1. The van der Waals surface area contributed by atoms with Crippen LogP contribution < -0.4 is 9.62 Å². The average Bonchev–Trinajstić information content (AvgIpc) is 3.07. The minimum Gasteiger partial charge on any atom is -0.341 e. The van der Waals surface area contributed by atoms with Crippen LogP contribution in [0, 0.1) is 6.92 Å². The molecule has 4 aromatic rings. The van der Waals surface area contributed by atoms with Crippen molar-refractivity contribution in [3.8, 4) is 0 Å². The Hall–Kier alpha value is -3.32. The van der Waals surface area contributed by atoms with E-state index in [9.17, 15) is 13.2 Å². The summed E-state index contributed by atoms with van der Waals surface area (Å²) in [6.45, 7) is 6.47. The van der Waals surface area contributed by atoms with Gasteiger partial charge in [0.05, 0.1) is 11.9 Å². The number of fused-ring (bicyclic) bond motifs is 3. The van der Waals surface area contributed by atoms with Crippen molar-refractivity contribution < 1.29 is 13.2 Å². The number of carbonyl (C=O) groups excluding carboxylic acids is 1. The minimum absolute atomic E-state index is 0.394. The second-order valence-electron chi connectivity index (χ2n) is 8.05. The summed E-state index contributed by atoms with van der Waals surface area (Å²) in [5.41, 5.74) is 4.34. The van der Waals surface area contributed by atoms with E-state index in [0.29, 0.717) is 11.4 Å². The molecule has 4 rings (SSSR count). The number of aromatic nitrogens is 1. The molecule has 166 valence electrons. The van der Waals surface area contributed by atoms with Crippen molar-refractivity contribution in [2.24, 2.45) is 0 Å². The van der Waals surface area contributed by atoms with Gasteiger partial charge in [0.2, 0.25) is 15.9 Å².